The van der Waals surface area contributed by atoms with Crippen LogP contribution in [0.1, 0.15) is 26.2 Å². The van der Waals surface area contributed by atoms with Gasteiger partial charge in [0.05, 0.1) is 4.99 Å². The standard InChI is InChI=1S/C7H11NOS/c1-2-6(9)8-5-3-4-7(8)10/h2-5H2,1H3. The Morgan fingerprint density at radius 2 is 2.50 bits per heavy atom. The van der Waals surface area contributed by atoms with E-state index in [4.69, 9.17) is 12.2 Å². The molecule has 56 valence electrons. The molecular formula is C7H11NOS. The zero-order valence-electron chi connectivity index (χ0n) is 6.09. The molecule has 1 saturated heterocycles. The van der Waals surface area contributed by atoms with Gasteiger partial charge in [-0.25, -0.2) is 0 Å². The van der Waals surface area contributed by atoms with Gasteiger partial charge in [0.2, 0.25) is 5.91 Å². The smallest absolute Gasteiger partial charge is 0.227 e. The number of carbonyl (C=O) groups is 1. The summed E-state index contributed by atoms with van der Waals surface area (Å²) in [5, 5.41) is 0. The van der Waals surface area contributed by atoms with E-state index in [-0.39, 0.29) is 5.91 Å². The number of likely N-dealkylation sites (tertiary alicyclic amines) is 1. The van der Waals surface area contributed by atoms with Crippen LogP contribution in [0, 0.1) is 0 Å². The molecule has 0 unspecified atom stereocenters. The topological polar surface area (TPSA) is 20.3 Å². The minimum absolute atomic E-state index is 0.169. The Morgan fingerprint density at radius 3 is 2.90 bits per heavy atom. The molecule has 0 radical (unpaired) electrons. The first kappa shape index (κ1) is 7.66. The SMILES string of the molecule is CCC(=O)N1CCCC1=S. The monoisotopic (exact) mass is 157 g/mol. The summed E-state index contributed by atoms with van der Waals surface area (Å²) in [6.45, 7) is 2.70. The van der Waals surface area contributed by atoms with Gasteiger partial charge in [0.25, 0.3) is 0 Å². The van der Waals surface area contributed by atoms with E-state index >= 15 is 0 Å². The average molecular weight is 157 g/mol. The van der Waals surface area contributed by atoms with Gasteiger partial charge in [0.1, 0.15) is 0 Å². The number of nitrogens with zero attached hydrogens (tertiary/aromatic N) is 1. The number of amides is 1. The molecule has 0 N–H and O–H groups in total. The highest BCUT2D eigenvalue weighted by atomic mass is 32.1. The van der Waals surface area contributed by atoms with E-state index < -0.39 is 0 Å². The van der Waals surface area contributed by atoms with Crippen molar-refractivity contribution in [1.82, 2.24) is 4.90 Å². The van der Waals surface area contributed by atoms with Crippen LogP contribution in [-0.4, -0.2) is 22.3 Å². The van der Waals surface area contributed by atoms with E-state index in [1.54, 1.807) is 4.90 Å². The van der Waals surface area contributed by atoms with Gasteiger partial charge in [-0.2, -0.15) is 0 Å². The third kappa shape index (κ3) is 1.34. The summed E-state index contributed by atoms with van der Waals surface area (Å²) in [6, 6.07) is 0. The van der Waals surface area contributed by atoms with Gasteiger partial charge in [-0.15, -0.1) is 0 Å². The molecule has 0 spiro atoms. The molecule has 10 heavy (non-hydrogen) atoms. The second-order valence-electron chi connectivity index (χ2n) is 2.40. The maximum Gasteiger partial charge on any atom is 0.227 e. The fraction of sp³-hybridized carbons (Fsp3) is 0.714. The largest absolute Gasteiger partial charge is 0.307 e. The maximum atomic E-state index is 11.1. The lowest BCUT2D eigenvalue weighted by Gasteiger charge is -2.13. The number of rotatable bonds is 1. The Bertz CT molecular complexity index is 167. The van der Waals surface area contributed by atoms with Crippen LogP contribution >= 0.6 is 12.2 Å². The lowest BCUT2D eigenvalue weighted by atomic mass is 10.4. The van der Waals surface area contributed by atoms with Gasteiger partial charge in [-0.05, 0) is 6.42 Å². The van der Waals surface area contributed by atoms with E-state index in [2.05, 4.69) is 0 Å². The second-order valence-corrected chi connectivity index (χ2v) is 2.87. The fourth-order valence-corrected chi connectivity index (χ4v) is 1.44. The minimum atomic E-state index is 0.169. The van der Waals surface area contributed by atoms with E-state index in [1.807, 2.05) is 6.92 Å². The predicted molar refractivity (Wildman–Crippen MR) is 43.8 cm³/mol. The summed E-state index contributed by atoms with van der Waals surface area (Å²) >= 11 is 4.99. The summed E-state index contributed by atoms with van der Waals surface area (Å²) in [4.78, 5) is 13.6. The van der Waals surface area contributed by atoms with Crippen LogP contribution in [0.4, 0.5) is 0 Å². The highest BCUT2D eigenvalue weighted by Gasteiger charge is 2.20. The molecule has 1 amide bonds. The quantitative estimate of drug-likeness (QED) is 0.535. The summed E-state index contributed by atoms with van der Waals surface area (Å²) < 4.78 is 0. The van der Waals surface area contributed by atoms with Crippen molar-refractivity contribution in [2.75, 3.05) is 6.54 Å². The van der Waals surface area contributed by atoms with Crippen LogP contribution in [0.2, 0.25) is 0 Å². The first-order valence-corrected chi connectivity index (χ1v) is 3.99. The van der Waals surface area contributed by atoms with Crippen molar-refractivity contribution >= 4 is 23.1 Å². The van der Waals surface area contributed by atoms with Crippen LogP contribution in [0.5, 0.6) is 0 Å². The van der Waals surface area contributed by atoms with E-state index in [1.165, 1.54) is 0 Å². The molecule has 1 fully saturated rings. The van der Waals surface area contributed by atoms with Crippen LogP contribution in [0.25, 0.3) is 0 Å². The highest BCUT2D eigenvalue weighted by Crippen LogP contribution is 2.12. The lowest BCUT2D eigenvalue weighted by Crippen LogP contribution is -2.29. The average Bonchev–Trinajstić information content (AvgIpc) is 2.34. The lowest BCUT2D eigenvalue weighted by molar-refractivity contribution is -0.126. The van der Waals surface area contributed by atoms with Crippen molar-refractivity contribution in [3.63, 3.8) is 0 Å². The van der Waals surface area contributed by atoms with Gasteiger partial charge in [-0.3, -0.25) is 4.79 Å². The summed E-state index contributed by atoms with van der Waals surface area (Å²) in [7, 11) is 0. The van der Waals surface area contributed by atoms with Crippen molar-refractivity contribution in [1.29, 1.82) is 0 Å². The molecule has 0 atom stereocenters. The van der Waals surface area contributed by atoms with Gasteiger partial charge in [-0.1, -0.05) is 19.1 Å². The Labute approximate surface area is 66.2 Å². The zero-order chi connectivity index (χ0) is 7.56. The Kier molecular flexibility index (Phi) is 2.38. The molecule has 0 aromatic heterocycles. The van der Waals surface area contributed by atoms with E-state index in [0.717, 1.165) is 24.4 Å². The van der Waals surface area contributed by atoms with Crippen molar-refractivity contribution < 1.29 is 4.79 Å². The fourth-order valence-electron chi connectivity index (χ4n) is 1.10. The van der Waals surface area contributed by atoms with Crippen LogP contribution < -0.4 is 0 Å². The molecule has 0 aliphatic carbocycles. The molecular weight excluding hydrogens is 146 g/mol. The summed E-state index contributed by atoms with van der Waals surface area (Å²) in [6.07, 6.45) is 2.53. The summed E-state index contributed by atoms with van der Waals surface area (Å²) in [5.74, 6) is 0.169. The molecule has 1 rings (SSSR count). The maximum absolute atomic E-state index is 11.1. The molecule has 0 bridgehead atoms. The first-order valence-electron chi connectivity index (χ1n) is 3.59. The molecule has 0 aromatic rings. The molecule has 1 heterocycles. The first-order chi connectivity index (χ1) is 4.75. The van der Waals surface area contributed by atoms with Gasteiger partial charge in [0.15, 0.2) is 0 Å². The Hall–Kier alpha value is -0.440. The van der Waals surface area contributed by atoms with E-state index in [9.17, 15) is 4.79 Å². The predicted octanol–water partition coefficient (Wildman–Crippen LogP) is 1.35. The number of hydrogen-bond acceptors (Lipinski definition) is 2. The Morgan fingerprint density at radius 1 is 1.80 bits per heavy atom. The molecule has 0 saturated carbocycles. The molecule has 2 nitrogen and oxygen atoms in total. The van der Waals surface area contributed by atoms with E-state index in [0.29, 0.717) is 6.42 Å². The van der Waals surface area contributed by atoms with Crippen molar-refractivity contribution in [3.05, 3.63) is 0 Å². The second kappa shape index (κ2) is 3.10. The number of hydrogen-bond donors (Lipinski definition) is 0. The van der Waals surface area contributed by atoms with Crippen molar-refractivity contribution in [2.45, 2.75) is 26.2 Å². The Balaban J connectivity index is 2.55. The van der Waals surface area contributed by atoms with Gasteiger partial charge >= 0.3 is 0 Å². The molecule has 1 aliphatic rings. The third-order valence-electron chi connectivity index (χ3n) is 1.68. The highest BCUT2D eigenvalue weighted by molar-refractivity contribution is 7.80. The number of carbonyl (C=O) groups excluding carboxylic acids is 1. The molecule has 1 aliphatic heterocycles. The van der Waals surface area contributed by atoms with Crippen LogP contribution in [0.15, 0.2) is 0 Å². The third-order valence-corrected chi connectivity index (χ3v) is 2.10. The zero-order valence-corrected chi connectivity index (χ0v) is 6.91. The van der Waals surface area contributed by atoms with Gasteiger partial charge in [0, 0.05) is 19.4 Å². The normalized spacial score (nSPS) is 18.1. The molecule has 0 aromatic carbocycles. The van der Waals surface area contributed by atoms with Crippen LogP contribution in [-0.2, 0) is 4.79 Å². The minimum Gasteiger partial charge on any atom is -0.307 e. The molecule has 3 heteroatoms. The summed E-state index contributed by atoms with van der Waals surface area (Å²) in [5.41, 5.74) is 0. The van der Waals surface area contributed by atoms with Crippen molar-refractivity contribution in [2.24, 2.45) is 0 Å². The van der Waals surface area contributed by atoms with Crippen molar-refractivity contribution in [3.8, 4) is 0 Å². The van der Waals surface area contributed by atoms with Crippen LogP contribution in [0.3, 0.4) is 0 Å². The number of thiocarbonyl (C=S) groups is 1. The van der Waals surface area contributed by atoms with Gasteiger partial charge < -0.3 is 4.90 Å².